The number of aryl methyl sites for hydroxylation is 4. The van der Waals surface area contributed by atoms with E-state index in [9.17, 15) is 0 Å². The van der Waals surface area contributed by atoms with E-state index in [-0.39, 0.29) is 5.41 Å². The molecule has 0 bridgehead atoms. The molecule has 0 unspecified atom stereocenters. The van der Waals surface area contributed by atoms with Crippen molar-refractivity contribution >= 4 is 55.9 Å². The summed E-state index contributed by atoms with van der Waals surface area (Å²) in [6, 6.07) is 110. The normalized spacial score (nSPS) is 12.3. The Morgan fingerprint density at radius 2 is 0.625 bits per heavy atom. The Balaban J connectivity index is 0.851. The molecule has 0 spiro atoms. The molecule has 0 radical (unpaired) electrons. The molecule has 0 fully saturated rings. The van der Waals surface area contributed by atoms with Crippen LogP contribution in [0.5, 0.6) is 0 Å². The predicted octanol–water partition coefficient (Wildman–Crippen LogP) is 23.6. The minimum Gasteiger partial charge on any atom is -0.310 e. The van der Waals surface area contributed by atoms with Crippen LogP contribution in [0.4, 0.5) is 34.1 Å². The minimum atomic E-state index is -0.142. The van der Waals surface area contributed by atoms with Crippen LogP contribution >= 0.6 is 0 Å². The highest BCUT2D eigenvalue weighted by Crippen LogP contribution is 2.52. The van der Waals surface area contributed by atoms with Crippen molar-refractivity contribution in [3.63, 3.8) is 0 Å². The standard InChI is InChI=1S/C85H67N3/c1-56-50-77(64-34-42-69(43-35-64)86(67-38-30-62(31-39-67)60-21-10-7-11-22-60)71-46-48-74(59(4)54-71)73-27-17-16-20-58(73)3)83-79(52-56)80-53-57(2)51-78(84(80)88(83)66-25-14-9-15-26-66)65-36-44-70(45-37-65)87(68-40-32-63(33-41-68)61-23-12-8-13-24-61)72-47-49-76-75-28-18-19-29-81(75)85(5,6)82(76)55-72/h7-55H,1-6H3. The predicted molar refractivity (Wildman–Crippen MR) is 374 cm³/mol. The van der Waals surface area contributed by atoms with Gasteiger partial charge < -0.3 is 14.4 Å². The number of anilines is 6. The fourth-order valence-corrected chi connectivity index (χ4v) is 14.0. The van der Waals surface area contributed by atoms with E-state index in [1.807, 2.05) is 0 Å². The van der Waals surface area contributed by atoms with Crippen LogP contribution in [0, 0.1) is 27.7 Å². The molecular weight excluding hydrogens is 1060 g/mol. The first-order chi connectivity index (χ1) is 43.0. The van der Waals surface area contributed by atoms with Gasteiger partial charge >= 0.3 is 0 Å². The Morgan fingerprint density at radius 3 is 1.10 bits per heavy atom. The summed E-state index contributed by atoms with van der Waals surface area (Å²) in [6.07, 6.45) is 0. The average Bonchev–Trinajstić information content (AvgIpc) is 1.60. The number of benzene rings is 13. The van der Waals surface area contributed by atoms with Crippen molar-refractivity contribution in [3.05, 3.63) is 331 Å². The molecule has 3 nitrogen and oxygen atoms in total. The monoisotopic (exact) mass is 1130 g/mol. The SMILES string of the molecule is Cc1cc(-c2ccc(N(c3ccc(-c4ccccc4)cc3)c3ccc(-c4ccccc4C)c(C)c3)cc2)c2c(c1)c1cc(C)cc(-c3ccc(N(c4ccc(-c5ccccc5)cc4)c4ccc5c(c4)C(C)(C)c4ccccc4-5)cc3)c1n2-c1ccccc1. The molecule has 88 heavy (non-hydrogen) atoms. The molecular formula is C85H67N3. The van der Waals surface area contributed by atoms with E-state index in [1.54, 1.807) is 0 Å². The molecule has 0 atom stereocenters. The van der Waals surface area contributed by atoms with Crippen molar-refractivity contribution in [2.75, 3.05) is 9.80 Å². The molecule has 0 aliphatic heterocycles. The molecule has 3 heteroatoms. The van der Waals surface area contributed by atoms with Gasteiger partial charge in [0.25, 0.3) is 0 Å². The van der Waals surface area contributed by atoms with Gasteiger partial charge in [0.2, 0.25) is 0 Å². The quantitative estimate of drug-likeness (QED) is 0.121. The number of hydrogen-bond acceptors (Lipinski definition) is 2. The molecule has 13 aromatic carbocycles. The van der Waals surface area contributed by atoms with Crippen molar-refractivity contribution in [2.24, 2.45) is 0 Å². The van der Waals surface area contributed by atoms with Crippen molar-refractivity contribution in [1.29, 1.82) is 0 Å². The number of para-hydroxylation sites is 1. The summed E-state index contributed by atoms with van der Waals surface area (Å²) in [5.41, 5.74) is 32.2. The Kier molecular flexibility index (Phi) is 13.5. The van der Waals surface area contributed by atoms with E-state index in [1.165, 1.54) is 111 Å². The van der Waals surface area contributed by atoms with Crippen molar-refractivity contribution in [1.82, 2.24) is 4.57 Å². The number of hydrogen-bond donors (Lipinski definition) is 0. The fraction of sp³-hybridized carbons (Fsp3) is 0.0824. The summed E-state index contributed by atoms with van der Waals surface area (Å²) in [5.74, 6) is 0. The summed E-state index contributed by atoms with van der Waals surface area (Å²) in [4.78, 5) is 4.82. The van der Waals surface area contributed by atoms with E-state index < -0.39 is 0 Å². The third-order valence-electron chi connectivity index (χ3n) is 18.3. The molecule has 1 aliphatic rings. The van der Waals surface area contributed by atoms with Gasteiger partial charge in [0, 0.05) is 67.1 Å². The zero-order chi connectivity index (χ0) is 59.6. The third kappa shape index (κ3) is 9.48. The van der Waals surface area contributed by atoms with Gasteiger partial charge in [-0.15, -0.1) is 0 Å². The van der Waals surface area contributed by atoms with E-state index >= 15 is 0 Å². The molecule has 0 saturated carbocycles. The maximum absolute atomic E-state index is 2.53. The van der Waals surface area contributed by atoms with Crippen molar-refractivity contribution < 1.29 is 0 Å². The Hall–Kier alpha value is -10.7. The molecule has 1 aromatic heterocycles. The molecule has 422 valence electrons. The number of nitrogens with zero attached hydrogens (tertiary/aromatic N) is 3. The maximum atomic E-state index is 2.53. The van der Waals surface area contributed by atoms with Crippen LogP contribution in [0.1, 0.15) is 47.2 Å². The maximum Gasteiger partial charge on any atom is 0.0619 e. The molecule has 0 amide bonds. The Labute approximate surface area is 517 Å². The largest absolute Gasteiger partial charge is 0.310 e. The molecule has 1 aliphatic carbocycles. The Bertz CT molecular complexity index is 4920. The summed E-state index contributed by atoms with van der Waals surface area (Å²) in [7, 11) is 0. The van der Waals surface area contributed by atoms with Crippen LogP contribution in [0.25, 0.3) is 94.3 Å². The van der Waals surface area contributed by atoms with Crippen LogP contribution in [0.3, 0.4) is 0 Å². The topological polar surface area (TPSA) is 11.4 Å². The molecule has 15 rings (SSSR count). The second-order valence-electron chi connectivity index (χ2n) is 24.4. The zero-order valence-electron chi connectivity index (χ0n) is 50.6. The van der Waals surface area contributed by atoms with E-state index in [0.717, 1.165) is 50.9 Å². The molecule has 0 saturated heterocycles. The van der Waals surface area contributed by atoms with Gasteiger partial charge in [-0.2, -0.15) is 0 Å². The van der Waals surface area contributed by atoms with Crippen molar-refractivity contribution in [3.8, 4) is 72.4 Å². The van der Waals surface area contributed by atoms with E-state index in [4.69, 9.17) is 0 Å². The smallest absolute Gasteiger partial charge is 0.0619 e. The van der Waals surface area contributed by atoms with Crippen LogP contribution in [0.2, 0.25) is 0 Å². The van der Waals surface area contributed by atoms with Gasteiger partial charge in [-0.3, -0.25) is 0 Å². The summed E-state index contributed by atoms with van der Waals surface area (Å²) in [6.45, 7) is 13.6. The first-order valence-electron chi connectivity index (χ1n) is 30.7. The lowest BCUT2D eigenvalue weighted by Crippen LogP contribution is -2.16. The van der Waals surface area contributed by atoms with Gasteiger partial charge in [0.1, 0.15) is 0 Å². The first-order valence-corrected chi connectivity index (χ1v) is 30.7. The summed E-state index contributed by atoms with van der Waals surface area (Å²) < 4.78 is 2.53. The second-order valence-corrected chi connectivity index (χ2v) is 24.4. The fourth-order valence-electron chi connectivity index (χ4n) is 14.0. The lowest BCUT2D eigenvalue weighted by atomic mass is 9.82. The van der Waals surface area contributed by atoms with Gasteiger partial charge in [-0.1, -0.05) is 202 Å². The van der Waals surface area contributed by atoms with Crippen LogP contribution in [0.15, 0.2) is 297 Å². The van der Waals surface area contributed by atoms with Crippen LogP contribution in [-0.4, -0.2) is 4.57 Å². The van der Waals surface area contributed by atoms with Gasteiger partial charge in [-0.05, 0) is 226 Å². The average molecular weight is 1130 g/mol. The van der Waals surface area contributed by atoms with E-state index in [0.29, 0.717) is 0 Å². The Morgan fingerprint density at radius 1 is 0.261 bits per heavy atom. The van der Waals surface area contributed by atoms with Crippen molar-refractivity contribution in [2.45, 2.75) is 47.0 Å². The third-order valence-corrected chi connectivity index (χ3v) is 18.3. The first kappa shape index (κ1) is 53.9. The van der Waals surface area contributed by atoms with Crippen LogP contribution in [-0.2, 0) is 5.41 Å². The number of aromatic nitrogens is 1. The molecule has 1 heterocycles. The second kappa shape index (κ2) is 22.0. The zero-order valence-corrected chi connectivity index (χ0v) is 50.6. The molecule has 0 N–H and O–H groups in total. The number of fused-ring (bicyclic) bond motifs is 6. The van der Waals surface area contributed by atoms with Gasteiger partial charge in [0.15, 0.2) is 0 Å². The minimum absolute atomic E-state index is 0.142. The molecule has 14 aromatic rings. The van der Waals surface area contributed by atoms with Crippen LogP contribution < -0.4 is 9.80 Å². The summed E-state index contributed by atoms with van der Waals surface area (Å²) >= 11 is 0. The number of rotatable bonds is 12. The van der Waals surface area contributed by atoms with Gasteiger partial charge in [0.05, 0.1) is 11.0 Å². The summed E-state index contributed by atoms with van der Waals surface area (Å²) in [5, 5.41) is 2.46. The van der Waals surface area contributed by atoms with Gasteiger partial charge in [-0.25, -0.2) is 0 Å². The highest BCUT2D eigenvalue weighted by molar-refractivity contribution is 6.18. The highest BCUT2D eigenvalue weighted by Gasteiger charge is 2.36. The lowest BCUT2D eigenvalue weighted by Gasteiger charge is -2.28. The highest BCUT2D eigenvalue weighted by atomic mass is 15.1. The lowest BCUT2D eigenvalue weighted by molar-refractivity contribution is 0.660. The van der Waals surface area contributed by atoms with E-state index in [2.05, 4.69) is 353 Å².